The lowest BCUT2D eigenvalue weighted by molar-refractivity contribution is -0.119. The van der Waals surface area contributed by atoms with Gasteiger partial charge in [-0.3, -0.25) is 14.5 Å². The third-order valence-corrected chi connectivity index (χ3v) is 3.28. The van der Waals surface area contributed by atoms with E-state index in [0.29, 0.717) is 5.56 Å². The Morgan fingerprint density at radius 3 is 2.64 bits per heavy atom. The van der Waals surface area contributed by atoms with E-state index < -0.39 is 6.17 Å². The molecule has 1 aliphatic heterocycles. The van der Waals surface area contributed by atoms with Crippen molar-refractivity contribution in [2.45, 2.75) is 20.0 Å². The maximum absolute atomic E-state index is 12.7. The first-order valence-electron chi connectivity index (χ1n) is 7.04. The van der Waals surface area contributed by atoms with Gasteiger partial charge in [-0.05, 0) is 18.1 Å². The minimum atomic E-state index is -0.431. The topological polar surface area (TPSA) is 69.6 Å². The maximum Gasteiger partial charge on any atom is 0.262 e. The van der Waals surface area contributed by atoms with Crippen LogP contribution in [0.1, 0.15) is 24.2 Å². The molecule has 1 aromatic rings. The summed E-state index contributed by atoms with van der Waals surface area (Å²) in [7, 11) is 0. The monoisotopic (exact) mass is 298 g/mol. The summed E-state index contributed by atoms with van der Waals surface area (Å²) < 4.78 is 0. The van der Waals surface area contributed by atoms with Crippen molar-refractivity contribution in [3.05, 3.63) is 47.7 Å². The standard InChI is InChI=1S/C17H18N2O3/c1-12(2)15-18-16(21)14(9-6-10-20)11-19(15)17(22)13-7-4-3-5-8-13/h3-5,7-8,11-12,15,20H,10H2,1-2H3,(H,18,21)/t15-/m0/s1. The number of nitrogens with one attached hydrogen (secondary N) is 1. The van der Waals surface area contributed by atoms with E-state index in [9.17, 15) is 9.59 Å². The first-order chi connectivity index (χ1) is 10.5. The van der Waals surface area contributed by atoms with Crippen LogP contribution in [-0.2, 0) is 4.79 Å². The lowest BCUT2D eigenvalue weighted by Crippen LogP contribution is -2.54. The van der Waals surface area contributed by atoms with E-state index in [-0.39, 0.29) is 29.9 Å². The lowest BCUT2D eigenvalue weighted by Gasteiger charge is -2.35. The van der Waals surface area contributed by atoms with Crippen LogP contribution in [0.5, 0.6) is 0 Å². The quantitative estimate of drug-likeness (QED) is 0.804. The zero-order chi connectivity index (χ0) is 16.1. The molecule has 0 saturated carbocycles. The molecule has 5 heteroatoms. The Kier molecular flexibility index (Phi) is 4.97. The predicted octanol–water partition coefficient (Wildman–Crippen LogP) is 1.12. The van der Waals surface area contributed by atoms with Crippen LogP contribution < -0.4 is 5.32 Å². The molecule has 0 spiro atoms. The smallest absolute Gasteiger partial charge is 0.262 e. The molecule has 2 N–H and O–H groups in total. The first kappa shape index (κ1) is 15.8. The highest BCUT2D eigenvalue weighted by Crippen LogP contribution is 2.19. The van der Waals surface area contributed by atoms with Crippen LogP contribution in [0.25, 0.3) is 0 Å². The molecule has 1 atom stereocenters. The third-order valence-electron chi connectivity index (χ3n) is 3.28. The van der Waals surface area contributed by atoms with Crippen LogP contribution in [0.2, 0.25) is 0 Å². The Morgan fingerprint density at radius 1 is 1.36 bits per heavy atom. The van der Waals surface area contributed by atoms with E-state index in [1.54, 1.807) is 24.3 Å². The number of hydrogen-bond donors (Lipinski definition) is 2. The maximum atomic E-state index is 12.7. The normalized spacial score (nSPS) is 17.5. The number of carbonyl (C=O) groups is 2. The third kappa shape index (κ3) is 3.35. The van der Waals surface area contributed by atoms with E-state index in [0.717, 1.165) is 0 Å². The van der Waals surface area contributed by atoms with Crippen LogP contribution in [-0.4, -0.2) is 34.6 Å². The molecule has 2 amide bonds. The minimum Gasteiger partial charge on any atom is -0.384 e. The summed E-state index contributed by atoms with van der Waals surface area (Å²) in [6, 6.07) is 8.86. The van der Waals surface area contributed by atoms with Gasteiger partial charge in [-0.15, -0.1) is 0 Å². The molecule has 114 valence electrons. The van der Waals surface area contributed by atoms with Gasteiger partial charge in [-0.1, -0.05) is 43.9 Å². The van der Waals surface area contributed by atoms with Gasteiger partial charge in [-0.2, -0.15) is 0 Å². The summed E-state index contributed by atoms with van der Waals surface area (Å²) in [5.74, 6) is 4.50. The molecular formula is C17H18N2O3. The molecule has 0 aliphatic carbocycles. The highest BCUT2D eigenvalue weighted by molar-refractivity contribution is 6.02. The van der Waals surface area contributed by atoms with Gasteiger partial charge in [0.25, 0.3) is 11.8 Å². The van der Waals surface area contributed by atoms with Crippen molar-refractivity contribution in [1.82, 2.24) is 10.2 Å². The summed E-state index contributed by atoms with van der Waals surface area (Å²) in [4.78, 5) is 26.2. The SMILES string of the molecule is CC(C)[C@H]1NC(=O)C(C#CCO)=CN1C(=O)c1ccccc1. The van der Waals surface area contributed by atoms with Gasteiger partial charge in [0.15, 0.2) is 0 Å². The highest BCUT2D eigenvalue weighted by atomic mass is 16.2. The molecule has 5 nitrogen and oxygen atoms in total. The van der Waals surface area contributed by atoms with Crippen molar-refractivity contribution in [1.29, 1.82) is 0 Å². The number of aliphatic hydroxyl groups is 1. The molecule has 0 unspecified atom stereocenters. The van der Waals surface area contributed by atoms with Crippen LogP contribution in [0, 0.1) is 17.8 Å². The van der Waals surface area contributed by atoms with Crippen molar-refractivity contribution < 1.29 is 14.7 Å². The van der Waals surface area contributed by atoms with Crippen molar-refractivity contribution in [3.8, 4) is 11.8 Å². The first-order valence-corrected chi connectivity index (χ1v) is 7.04. The fourth-order valence-corrected chi connectivity index (χ4v) is 2.19. The Balaban J connectivity index is 2.40. The van der Waals surface area contributed by atoms with Gasteiger partial charge in [0.05, 0.1) is 0 Å². The van der Waals surface area contributed by atoms with Gasteiger partial charge in [-0.25, -0.2) is 0 Å². The molecular weight excluding hydrogens is 280 g/mol. The Bertz CT molecular complexity index is 653. The summed E-state index contributed by atoms with van der Waals surface area (Å²) in [5, 5.41) is 11.6. The van der Waals surface area contributed by atoms with E-state index in [4.69, 9.17) is 5.11 Å². The number of aliphatic hydroxyl groups excluding tert-OH is 1. The van der Waals surface area contributed by atoms with Crippen LogP contribution in [0.15, 0.2) is 42.1 Å². The van der Waals surface area contributed by atoms with E-state index in [2.05, 4.69) is 17.2 Å². The van der Waals surface area contributed by atoms with Crippen molar-refractivity contribution >= 4 is 11.8 Å². The molecule has 0 saturated heterocycles. The van der Waals surface area contributed by atoms with E-state index in [1.807, 2.05) is 19.9 Å². The van der Waals surface area contributed by atoms with Gasteiger partial charge < -0.3 is 10.4 Å². The molecule has 2 rings (SSSR count). The average molecular weight is 298 g/mol. The number of amides is 2. The number of benzene rings is 1. The number of hydrogen-bond acceptors (Lipinski definition) is 3. The second-order valence-corrected chi connectivity index (χ2v) is 5.24. The number of carbonyl (C=O) groups excluding carboxylic acids is 2. The molecule has 0 aromatic heterocycles. The van der Waals surface area contributed by atoms with Crippen molar-refractivity contribution in [2.75, 3.05) is 6.61 Å². The molecule has 22 heavy (non-hydrogen) atoms. The molecule has 0 bridgehead atoms. The number of rotatable bonds is 2. The lowest BCUT2D eigenvalue weighted by atomic mass is 10.0. The molecule has 1 aromatic carbocycles. The van der Waals surface area contributed by atoms with Crippen LogP contribution in [0.4, 0.5) is 0 Å². The molecule has 0 radical (unpaired) electrons. The van der Waals surface area contributed by atoms with Gasteiger partial charge in [0, 0.05) is 11.8 Å². The second-order valence-electron chi connectivity index (χ2n) is 5.24. The zero-order valence-corrected chi connectivity index (χ0v) is 12.5. The van der Waals surface area contributed by atoms with Gasteiger partial charge in [0.1, 0.15) is 18.3 Å². The van der Waals surface area contributed by atoms with Crippen molar-refractivity contribution in [2.24, 2.45) is 5.92 Å². The fraction of sp³-hybridized carbons (Fsp3) is 0.294. The van der Waals surface area contributed by atoms with Gasteiger partial charge in [0.2, 0.25) is 0 Å². The van der Waals surface area contributed by atoms with Gasteiger partial charge >= 0.3 is 0 Å². The highest BCUT2D eigenvalue weighted by Gasteiger charge is 2.32. The number of nitrogens with zero attached hydrogens (tertiary/aromatic N) is 1. The Morgan fingerprint density at radius 2 is 2.05 bits per heavy atom. The van der Waals surface area contributed by atoms with E-state index in [1.165, 1.54) is 11.1 Å². The Hall–Kier alpha value is -2.58. The van der Waals surface area contributed by atoms with Crippen LogP contribution >= 0.6 is 0 Å². The van der Waals surface area contributed by atoms with E-state index >= 15 is 0 Å². The van der Waals surface area contributed by atoms with Crippen molar-refractivity contribution in [3.63, 3.8) is 0 Å². The largest absolute Gasteiger partial charge is 0.384 e. The molecule has 1 aliphatic rings. The van der Waals surface area contributed by atoms with Crippen LogP contribution in [0.3, 0.4) is 0 Å². The second kappa shape index (κ2) is 6.92. The predicted molar refractivity (Wildman–Crippen MR) is 82.3 cm³/mol. The summed E-state index contributed by atoms with van der Waals surface area (Å²) in [6.07, 6.45) is 1.03. The average Bonchev–Trinajstić information content (AvgIpc) is 2.53. The summed E-state index contributed by atoms with van der Waals surface area (Å²) >= 11 is 0. The summed E-state index contributed by atoms with van der Waals surface area (Å²) in [5.41, 5.74) is 0.699. The Labute approximate surface area is 129 Å². The fourth-order valence-electron chi connectivity index (χ4n) is 2.19. The summed E-state index contributed by atoms with van der Waals surface area (Å²) in [6.45, 7) is 3.51. The molecule has 1 heterocycles. The molecule has 0 fully saturated rings. The zero-order valence-electron chi connectivity index (χ0n) is 12.5. The minimum absolute atomic E-state index is 0.0419.